The van der Waals surface area contributed by atoms with Gasteiger partial charge in [-0.3, -0.25) is 0 Å². The van der Waals surface area contributed by atoms with E-state index in [1.807, 2.05) is 36.4 Å². The Bertz CT molecular complexity index is 1330. The van der Waals surface area contributed by atoms with Gasteiger partial charge in [-0.1, -0.05) is 60.0 Å². The summed E-state index contributed by atoms with van der Waals surface area (Å²) >= 11 is 3.36. The van der Waals surface area contributed by atoms with Crippen LogP contribution in [-0.4, -0.2) is 19.2 Å². The van der Waals surface area contributed by atoms with Crippen LogP contribution >= 0.6 is 15.9 Å². The Morgan fingerprint density at radius 1 is 1.03 bits per heavy atom. The third kappa shape index (κ3) is 6.43. The van der Waals surface area contributed by atoms with Crippen LogP contribution in [0.25, 0.3) is 0 Å². The van der Waals surface area contributed by atoms with Crippen LogP contribution in [0.4, 0.5) is 0 Å². The molecule has 1 aliphatic rings. The molecule has 37 heavy (non-hydrogen) atoms. The number of esters is 1. The second-order valence-electron chi connectivity index (χ2n) is 8.43. The molecule has 2 N–H and O–H groups in total. The van der Waals surface area contributed by atoms with Crippen molar-refractivity contribution in [3.63, 3.8) is 0 Å². The zero-order valence-corrected chi connectivity index (χ0v) is 22.0. The number of hydrogen-bond donors (Lipinski definition) is 1. The molecular weight excluding hydrogens is 536 g/mol. The largest absolute Gasteiger partial charge is 0.493 e. The molecule has 1 unspecified atom stereocenters. The number of fused-ring (bicyclic) bond motifs is 1. The SMILES string of the molecule is CCCCCOc1ccccc1C1C(C#N)=C(N)Oc2cc(OC(=O)COc3ccc(Br)cc3)ccc21. The minimum absolute atomic E-state index is 0.00262. The number of ether oxygens (including phenoxy) is 4. The lowest BCUT2D eigenvalue weighted by molar-refractivity contribution is -0.136. The number of halogens is 1. The lowest BCUT2D eigenvalue weighted by Gasteiger charge is -2.28. The van der Waals surface area contributed by atoms with Crippen molar-refractivity contribution in [1.82, 2.24) is 0 Å². The first kappa shape index (κ1) is 26.1. The van der Waals surface area contributed by atoms with Gasteiger partial charge in [0, 0.05) is 21.7 Å². The van der Waals surface area contributed by atoms with Crippen molar-refractivity contribution in [1.29, 1.82) is 5.26 Å². The molecule has 0 radical (unpaired) electrons. The number of nitrogens with two attached hydrogens (primary N) is 1. The summed E-state index contributed by atoms with van der Waals surface area (Å²) in [7, 11) is 0. The van der Waals surface area contributed by atoms with Crippen molar-refractivity contribution < 1.29 is 23.7 Å². The first-order valence-electron chi connectivity index (χ1n) is 12.0. The molecule has 0 saturated carbocycles. The zero-order valence-electron chi connectivity index (χ0n) is 20.4. The molecule has 0 aliphatic carbocycles. The Morgan fingerprint density at radius 3 is 2.54 bits per heavy atom. The molecule has 4 rings (SSSR count). The monoisotopic (exact) mass is 562 g/mol. The van der Waals surface area contributed by atoms with Gasteiger partial charge in [0.25, 0.3) is 0 Å². The summed E-state index contributed by atoms with van der Waals surface area (Å²) < 4.78 is 23.7. The average molecular weight is 563 g/mol. The third-order valence-corrected chi connectivity index (χ3v) is 6.36. The van der Waals surface area contributed by atoms with Crippen molar-refractivity contribution in [2.75, 3.05) is 13.2 Å². The van der Waals surface area contributed by atoms with E-state index in [0.717, 1.165) is 34.9 Å². The second kappa shape index (κ2) is 12.3. The molecule has 0 bridgehead atoms. The van der Waals surface area contributed by atoms with E-state index in [1.165, 1.54) is 0 Å². The summed E-state index contributed by atoms with van der Waals surface area (Å²) in [6.07, 6.45) is 3.12. The molecule has 0 amide bonds. The molecule has 0 aromatic heterocycles. The number of rotatable bonds is 10. The first-order valence-corrected chi connectivity index (χ1v) is 12.8. The van der Waals surface area contributed by atoms with Gasteiger partial charge in [-0.25, -0.2) is 4.79 Å². The van der Waals surface area contributed by atoms with Crippen molar-refractivity contribution in [2.45, 2.75) is 32.1 Å². The fraction of sp³-hybridized carbons (Fsp3) is 0.241. The third-order valence-electron chi connectivity index (χ3n) is 5.83. The summed E-state index contributed by atoms with van der Waals surface area (Å²) in [4.78, 5) is 12.4. The Kier molecular flexibility index (Phi) is 8.70. The number of para-hydroxylation sites is 1. The number of unbranched alkanes of at least 4 members (excludes halogenated alkanes) is 2. The molecule has 0 saturated heterocycles. The van der Waals surface area contributed by atoms with Crippen LogP contribution in [-0.2, 0) is 4.79 Å². The zero-order chi connectivity index (χ0) is 26.2. The molecule has 190 valence electrons. The molecule has 0 spiro atoms. The maximum absolute atomic E-state index is 12.4. The van der Waals surface area contributed by atoms with E-state index < -0.39 is 11.9 Å². The molecular formula is C29H27BrN2O5. The number of hydrogen-bond acceptors (Lipinski definition) is 7. The number of carbonyl (C=O) groups is 1. The van der Waals surface area contributed by atoms with Gasteiger partial charge >= 0.3 is 5.97 Å². The van der Waals surface area contributed by atoms with Crippen molar-refractivity contribution in [2.24, 2.45) is 5.73 Å². The van der Waals surface area contributed by atoms with Crippen LogP contribution in [0.1, 0.15) is 43.2 Å². The topological polar surface area (TPSA) is 104 Å². The minimum Gasteiger partial charge on any atom is -0.493 e. The van der Waals surface area contributed by atoms with E-state index in [4.69, 9.17) is 24.7 Å². The van der Waals surface area contributed by atoms with Crippen molar-refractivity contribution >= 4 is 21.9 Å². The molecule has 1 aliphatic heterocycles. The van der Waals surface area contributed by atoms with E-state index in [9.17, 15) is 10.1 Å². The highest BCUT2D eigenvalue weighted by Crippen LogP contribution is 2.45. The minimum atomic E-state index is -0.567. The first-order chi connectivity index (χ1) is 18.0. The summed E-state index contributed by atoms with van der Waals surface area (Å²) in [6.45, 7) is 2.46. The Balaban J connectivity index is 1.54. The van der Waals surface area contributed by atoms with E-state index in [-0.39, 0.29) is 18.2 Å². The lowest BCUT2D eigenvalue weighted by Crippen LogP contribution is -2.22. The fourth-order valence-corrected chi connectivity index (χ4v) is 4.30. The van der Waals surface area contributed by atoms with Crippen molar-refractivity contribution in [3.05, 3.63) is 93.8 Å². The highest BCUT2D eigenvalue weighted by molar-refractivity contribution is 9.10. The Morgan fingerprint density at radius 2 is 1.78 bits per heavy atom. The number of benzene rings is 3. The maximum Gasteiger partial charge on any atom is 0.349 e. The van der Waals surface area contributed by atoms with Gasteiger partial charge in [-0.05, 0) is 42.8 Å². The average Bonchev–Trinajstić information content (AvgIpc) is 2.90. The maximum atomic E-state index is 12.4. The predicted molar refractivity (Wildman–Crippen MR) is 142 cm³/mol. The van der Waals surface area contributed by atoms with Crippen LogP contribution in [0.15, 0.2) is 82.7 Å². The number of carbonyl (C=O) groups excluding carboxylic acids is 1. The highest BCUT2D eigenvalue weighted by Gasteiger charge is 2.33. The van der Waals surface area contributed by atoms with Crippen molar-refractivity contribution in [3.8, 4) is 29.1 Å². The van der Waals surface area contributed by atoms with Gasteiger partial charge in [0.1, 0.15) is 34.6 Å². The number of allylic oxidation sites excluding steroid dienone is 1. The van der Waals surface area contributed by atoms with Gasteiger partial charge in [0.2, 0.25) is 5.88 Å². The molecule has 1 atom stereocenters. The molecule has 3 aromatic rings. The van der Waals surface area contributed by atoms with Crippen LogP contribution in [0, 0.1) is 11.3 Å². The van der Waals surface area contributed by atoms with Gasteiger partial charge in [-0.15, -0.1) is 0 Å². The van der Waals surface area contributed by atoms with Gasteiger partial charge in [-0.2, -0.15) is 5.26 Å². The summed E-state index contributed by atoms with van der Waals surface area (Å²) in [5.41, 5.74) is 7.99. The number of nitriles is 1. The van der Waals surface area contributed by atoms with Crippen LogP contribution in [0.5, 0.6) is 23.0 Å². The smallest absolute Gasteiger partial charge is 0.349 e. The molecule has 7 nitrogen and oxygen atoms in total. The van der Waals surface area contributed by atoms with E-state index in [0.29, 0.717) is 29.4 Å². The molecule has 1 heterocycles. The highest BCUT2D eigenvalue weighted by atomic mass is 79.9. The summed E-state index contributed by atoms with van der Waals surface area (Å²) in [5.74, 6) is 0.874. The summed E-state index contributed by atoms with van der Waals surface area (Å²) in [6, 6.07) is 22.0. The second-order valence-corrected chi connectivity index (χ2v) is 9.35. The predicted octanol–water partition coefficient (Wildman–Crippen LogP) is 6.22. The molecule has 0 fully saturated rings. The Labute approximate surface area is 224 Å². The van der Waals surface area contributed by atoms with Crippen LogP contribution in [0.3, 0.4) is 0 Å². The van der Waals surface area contributed by atoms with Crippen LogP contribution < -0.4 is 24.7 Å². The van der Waals surface area contributed by atoms with Gasteiger partial charge < -0.3 is 24.7 Å². The van der Waals surface area contributed by atoms with E-state index >= 15 is 0 Å². The molecule has 3 aromatic carbocycles. The Hall–Kier alpha value is -3.96. The van der Waals surface area contributed by atoms with E-state index in [2.05, 4.69) is 28.9 Å². The van der Waals surface area contributed by atoms with E-state index in [1.54, 1.807) is 30.3 Å². The fourth-order valence-electron chi connectivity index (χ4n) is 4.04. The summed E-state index contributed by atoms with van der Waals surface area (Å²) in [5, 5.41) is 9.90. The normalized spacial score (nSPS) is 14.2. The van der Waals surface area contributed by atoms with Gasteiger partial charge in [0.05, 0.1) is 12.5 Å². The standard InChI is InChI=1S/C29H27BrN2O5/c1-2-3-6-15-34-25-8-5-4-7-22(25)28-23-14-13-21(16-26(23)37-29(32)24(28)17-31)36-27(33)18-35-20-11-9-19(30)10-12-20/h4-5,7-14,16,28H,2-3,6,15,18,32H2,1H3. The quantitative estimate of drug-likeness (QED) is 0.177. The number of nitrogens with zero attached hydrogens (tertiary/aromatic N) is 1. The van der Waals surface area contributed by atoms with Gasteiger partial charge in [0.15, 0.2) is 6.61 Å². The lowest BCUT2D eigenvalue weighted by atomic mass is 9.83. The molecule has 8 heteroatoms. The van der Waals surface area contributed by atoms with Crippen LogP contribution in [0.2, 0.25) is 0 Å².